The van der Waals surface area contributed by atoms with Gasteiger partial charge in [-0.15, -0.1) is 11.6 Å². The highest BCUT2D eigenvalue weighted by atomic mass is 35.5. The Bertz CT molecular complexity index is 692. The Kier molecular flexibility index (Phi) is 3.63. The van der Waals surface area contributed by atoms with Gasteiger partial charge >= 0.3 is 5.97 Å². The number of carbonyl (C=O) groups excluding carboxylic acids is 1. The molecule has 0 saturated carbocycles. The van der Waals surface area contributed by atoms with Crippen molar-refractivity contribution in [3.8, 4) is 0 Å². The summed E-state index contributed by atoms with van der Waals surface area (Å²) in [5.74, 6) is 0.788. The topological polar surface area (TPSA) is 53.3 Å². The van der Waals surface area contributed by atoms with Crippen LogP contribution in [0.3, 0.4) is 0 Å². The lowest BCUT2D eigenvalue weighted by Crippen LogP contribution is -2.43. The number of hydrogen-bond donors (Lipinski definition) is 0. The molecule has 0 amide bonds. The smallest absolute Gasteiger partial charge is 0.337 e. The molecule has 0 radical (unpaired) electrons. The Morgan fingerprint density at radius 1 is 1.52 bits per heavy atom. The minimum Gasteiger partial charge on any atom is -0.465 e. The van der Waals surface area contributed by atoms with Gasteiger partial charge in [-0.25, -0.2) is 9.78 Å². The van der Waals surface area contributed by atoms with Crippen LogP contribution in [0.25, 0.3) is 11.0 Å². The molecule has 0 atom stereocenters. The summed E-state index contributed by atoms with van der Waals surface area (Å²) < 4.78 is 12.2. The third-order valence-corrected chi connectivity index (χ3v) is 4.05. The predicted octanol–water partition coefficient (Wildman–Crippen LogP) is 2.60. The van der Waals surface area contributed by atoms with E-state index in [1.807, 2.05) is 12.1 Å². The zero-order valence-corrected chi connectivity index (χ0v) is 12.8. The van der Waals surface area contributed by atoms with Gasteiger partial charge in [-0.3, -0.25) is 0 Å². The molecule has 2 aromatic rings. The van der Waals surface area contributed by atoms with Gasteiger partial charge in [0.15, 0.2) is 0 Å². The van der Waals surface area contributed by atoms with Crippen molar-refractivity contribution in [1.82, 2.24) is 9.55 Å². The molecule has 3 rings (SSSR count). The van der Waals surface area contributed by atoms with Crippen molar-refractivity contribution >= 4 is 28.6 Å². The highest BCUT2D eigenvalue weighted by Crippen LogP contribution is 2.31. The van der Waals surface area contributed by atoms with E-state index >= 15 is 0 Å². The lowest BCUT2D eigenvalue weighted by Gasteiger charge is -2.38. The van der Waals surface area contributed by atoms with Crippen LogP contribution in [0.1, 0.15) is 23.1 Å². The third-order valence-electron chi connectivity index (χ3n) is 3.81. The van der Waals surface area contributed by atoms with Crippen LogP contribution < -0.4 is 0 Å². The summed E-state index contributed by atoms with van der Waals surface area (Å²) in [5.41, 5.74) is 2.35. The summed E-state index contributed by atoms with van der Waals surface area (Å²) in [7, 11) is 1.38. The van der Waals surface area contributed by atoms with E-state index in [-0.39, 0.29) is 11.4 Å². The molecule has 0 unspecified atom stereocenters. The number of ether oxygens (including phenoxy) is 2. The van der Waals surface area contributed by atoms with Crippen LogP contribution in [0.5, 0.6) is 0 Å². The molecule has 0 spiro atoms. The number of carbonyl (C=O) groups is 1. The largest absolute Gasteiger partial charge is 0.465 e. The van der Waals surface area contributed by atoms with Gasteiger partial charge in [-0.1, -0.05) is 6.92 Å². The Balaban J connectivity index is 2.08. The standard InChI is InChI=1S/C15H17ClN2O3/c1-15(8-21-9-15)7-18-12-5-10(14(19)20-2)3-4-11(12)17-13(18)6-16/h3-5H,6-9H2,1-2H3. The highest BCUT2D eigenvalue weighted by molar-refractivity contribution is 6.16. The molecule has 21 heavy (non-hydrogen) atoms. The van der Waals surface area contributed by atoms with Crippen molar-refractivity contribution in [2.75, 3.05) is 20.3 Å². The number of imidazole rings is 1. The minimum absolute atomic E-state index is 0.0930. The molecule has 1 aromatic carbocycles. The number of aromatic nitrogens is 2. The van der Waals surface area contributed by atoms with E-state index in [2.05, 4.69) is 16.5 Å². The van der Waals surface area contributed by atoms with Crippen LogP contribution >= 0.6 is 11.6 Å². The maximum absolute atomic E-state index is 11.7. The van der Waals surface area contributed by atoms with E-state index in [4.69, 9.17) is 21.1 Å². The SMILES string of the molecule is COC(=O)c1ccc2nc(CCl)n(CC3(C)COC3)c2c1. The predicted molar refractivity (Wildman–Crippen MR) is 79.6 cm³/mol. The van der Waals surface area contributed by atoms with Crippen LogP contribution in [0, 0.1) is 5.41 Å². The first kappa shape index (κ1) is 14.4. The molecule has 2 heterocycles. The lowest BCUT2D eigenvalue weighted by atomic mass is 9.88. The molecule has 1 fully saturated rings. The lowest BCUT2D eigenvalue weighted by molar-refractivity contribution is -0.109. The second kappa shape index (κ2) is 5.31. The Labute approximate surface area is 127 Å². The van der Waals surface area contributed by atoms with Crippen molar-refractivity contribution in [2.24, 2.45) is 5.41 Å². The number of nitrogens with zero attached hydrogens (tertiary/aromatic N) is 2. The van der Waals surface area contributed by atoms with Crippen molar-refractivity contribution in [2.45, 2.75) is 19.3 Å². The zero-order chi connectivity index (χ0) is 15.0. The van der Waals surface area contributed by atoms with Crippen LogP contribution in [-0.2, 0) is 21.9 Å². The molecular weight excluding hydrogens is 292 g/mol. The highest BCUT2D eigenvalue weighted by Gasteiger charge is 2.34. The molecule has 0 N–H and O–H groups in total. The Morgan fingerprint density at radius 2 is 2.29 bits per heavy atom. The van der Waals surface area contributed by atoms with Gasteiger partial charge in [0.25, 0.3) is 0 Å². The molecular formula is C15H17ClN2O3. The fourth-order valence-electron chi connectivity index (χ4n) is 2.62. The maximum Gasteiger partial charge on any atom is 0.337 e. The van der Waals surface area contributed by atoms with Gasteiger partial charge in [0.2, 0.25) is 0 Å². The van der Waals surface area contributed by atoms with E-state index in [0.29, 0.717) is 11.4 Å². The van der Waals surface area contributed by atoms with Crippen molar-refractivity contribution in [3.63, 3.8) is 0 Å². The van der Waals surface area contributed by atoms with Gasteiger partial charge in [0.1, 0.15) is 5.82 Å². The average molecular weight is 309 g/mol. The van der Waals surface area contributed by atoms with Gasteiger partial charge in [-0.2, -0.15) is 0 Å². The number of benzene rings is 1. The van der Waals surface area contributed by atoms with Gasteiger partial charge in [0, 0.05) is 12.0 Å². The van der Waals surface area contributed by atoms with E-state index in [0.717, 1.165) is 36.6 Å². The first-order valence-corrected chi connectivity index (χ1v) is 7.31. The number of esters is 1. The van der Waals surface area contributed by atoms with Crippen LogP contribution in [0.4, 0.5) is 0 Å². The van der Waals surface area contributed by atoms with Gasteiger partial charge in [-0.05, 0) is 18.2 Å². The fraction of sp³-hybridized carbons (Fsp3) is 0.467. The quantitative estimate of drug-likeness (QED) is 0.643. The molecule has 0 aliphatic carbocycles. The number of fused-ring (bicyclic) bond motifs is 1. The monoisotopic (exact) mass is 308 g/mol. The number of halogens is 1. The molecule has 0 bridgehead atoms. The first-order valence-electron chi connectivity index (χ1n) is 6.77. The molecule has 112 valence electrons. The molecule has 1 saturated heterocycles. The summed E-state index contributed by atoms with van der Waals surface area (Å²) in [6.45, 7) is 4.40. The normalized spacial score (nSPS) is 16.7. The Hall–Kier alpha value is -1.59. The summed E-state index contributed by atoms with van der Waals surface area (Å²) >= 11 is 6.02. The van der Waals surface area contributed by atoms with E-state index in [9.17, 15) is 4.79 Å². The van der Waals surface area contributed by atoms with Crippen LogP contribution in [-0.4, -0.2) is 35.8 Å². The molecule has 1 aliphatic rings. The molecule has 5 nitrogen and oxygen atoms in total. The molecule has 1 aromatic heterocycles. The van der Waals surface area contributed by atoms with Crippen LogP contribution in [0.15, 0.2) is 18.2 Å². The second-order valence-corrected chi connectivity index (χ2v) is 6.01. The van der Waals surface area contributed by atoms with E-state index < -0.39 is 0 Å². The number of alkyl halides is 1. The van der Waals surface area contributed by atoms with Gasteiger partial charge < -0.3 is 14.0 Å². The van der Waals surface area contributed by atoms with E-state index in [1.165, 1.54) is 7.11 Å². The van der Waals surface area contributed by atoms with Crippen molar-refractivity contribution < 1.29 is 14.3 Å². The fourth-order valence-corrected chi connectivity index (χ4v) is 2.82. The third kappa shape index (κ3) is 2.51. The summed E-state index contributed by atoms with van der Waals surface area (Å²) in [6.07, 6.45) is 0. The van der Waals surface area contributed by atoms with Crippen molar-refractivity contribution in [3.05, 3.63) is 29.6 Å². The zero-order valence-electron chi connectivity index (χ0n) is 12.1. The molecule has 1 aliphatic heterocycles. The summed E-state index contributed by atoms with van der Waals surface area (Å²) in [4.78, 5) is 16.2. The number of methoxy groups -OCH3 is 1. The number of hydrogen-bond acceptors (Lipinski definition) is 4. The summed E-state index contributed by atoms with van der Waals surface area (Å²) in [5, 5.41) is 0. The maximum atomic E-state index is 11.7. The van der Waals surface area contributed by atoms with E-state index in [1.54, 1.807) is 6.07 Å². The molecule has 6 heteroatoms. The first-order chi connectivity index (χ1) is 10.1. The second-order valence-electron chi connectivity index (χ2n) is 5.75. The van der Waals surface area contributed by atoms with Crippen molar-refractivity contribution in [1.29, 1.82) is 0 Å². The minimum atomic E-state index is -0.352. The average Bonchev–Trinajstić information content (AvgIpc) is 2.81. The van der Waals surface area contributed by atoms with Crippen LogP contribution in [0.2, 0.25) is 0 Å². The van der Waals surface area contributed by atoms with Gasteiger partial charge in [0.05, 0.1) is 42.8 Å². The Morgan fingerprint density at radius 3 is 2.86 bits per heavy atom. The summed E-state index contributed by atoms with van der Waals surface area (Å²) in [6, 6.07) is 5.36. The number of rotatable bonds is 4.